The van der Waals surface area contributed by atoms with Crippen LogP contribution in [0.15, 0.2) is 52.5 Å². The van der Waals surface area contributed by atoms with E-state index in [1.54, 1.807) is 10.8 Å². The lowest BCUT2D eigenvalue weighted by Gasteiger charge is -2.12. The minimum atomic E-state index is -0.0972. The maximum atomic E-state index is 13.4. The van der Waals surface area contributed by atoms with Crippen molar-refractivity contribution in [2.45, 2.75) is 32.0 Å². The third kappa shape index (κ3) is 4.24. The second-order valence-electron chi connectivity index (χ2n) is 7.05. The average molecular weight is 439 g/mol. The zero-order chi connectivity index (χ0) is 21.1. The molecule has 1 aromatic carbocycles. The van der Waals surface area contributed by atoms with E-state index < -0.39 is 0 Å². The summed E-state index contributed by atoms with van der Waals surface area (Å²) in [6.07, 6.45) is 2.60. The summed E-state index contributed by atoms with van der Waals surface area (Å²) in [5.41, 5.74) is 2.74. The summed E-state index contributed by atoms with van der Waals surface area (Å²) in [6.45, 7) is 5.09. The fourth-order valence-electron chi connectivity index (χ4n) is 3.11. The van der Waals surface area contributed by atoms with E-state index in [4.69, 9.17) is 4.98 Å². The molecule has 4 aromatic rings. The molecule has 0 radical (unpaired) electrons. The van der Waals surface area contributed by atoms with Crippen LogP contribution in [-0.2, 0) is 11.3 Å². The van der Waals surface area contributed by atoms with Crippen molar-refractivity contribution in [2.75, 3.05) is 12.3 Å². The van der Waals surface area contributed by atoms with E-state index in [0.717, 1.165) is 27.8 Å². The molecule has 0 atom stereocenters. The summed E-state index contributed by atoms with van der Waals surface area (Å²) in [5, 5.41) is 4.29. The quantitative estimate of drug-likeness (QED) is 0.349. The lowest BCUT2D eigenvalue weighted by molar-refractivity contribution is -0.118. The number of pyridine rings is 1. The molecule has 0 saturated carbocycles. The molecule has 0 aliphatic heterocycles. The van der Waals surface area contributed by atoms with Gasteiger partial charge in [0.25, 0.3) is 5.56 Å². The van der Waals surface area contributed by atoms with Gasteiger partial charge in [0, 0.05) is 18.1 Å². The highest BCUT2D eigenvalue weighted by Crippen LogP contribution is 2.30. The van der Waals surface area contributed by atoms with Crippen molar-refractivity contribution in [1.29, 1.82) is 0 Å². The molecule has 0 unspecified atom stereocenters. The minimum absolute atomic E-state index is 0.0603. The molecule has 4 rings (SSSR count). The normalized spacial score (nSPS) is 11.3. The van der Waals surface area contributed by atoms with E-state index in [1.165, 1.54) is 23.1 Å². The summed E-state index contributed by atoms with van der Waals surface area (Å²) in [5.74, 6) is 0.154. The second kappa shape index (κ2) is 8.97. The van der Waals surface area contributed by atoms with Crippen LogP contribution >= 0.6 is 23.1 Å². The SMILES string of the molecule is CCCNC(=O)CSc1nc2c(sc3ncccc32)c(=O)n1Cc1ccc(C)cc1. The van der Waals surface area contributed by atoms with Crippen molar-refractivity contribution < 1.29 is 4.79 Å². The van der Waals surface area contributed by atoms with Gasteiger partial charge in [-0.1, -0.05) is 48.5 Å². The van der Waals surface area contributed by atoms with E-state index in [2.05, 4.69) is 10.3 Å². The van der Waals surface area contributed by atoms with Gasteiger partial charge in [0.15, 0.2) is 5.16 Å². The predicted molar refractivity (Wildman–Crippen MR) is 123 cm³/mol. The predicted octanol–water partition coefficient (Wildman–Crippen LogP) is 3.98. The monoisotopic (exact) mass is 438 g/mol. The van der Waals surface area contributed by atoms with Crippen LogP contribution in [0.5, 0.6) is 0 Å². The third-order valence-corrected chi connectivity index (χ3v) is 6.75. The van der Waals surface area contributed by atoms with Crippen LogP contribution in [0.1, 0.15) is 24.5 Å². The first-order chi connectivity index (χ1) is 14.6. The van der Waals surface area contributed by atoms with Gasteiger partial charge in [0.2, 0.25) is 5.91 Å². The molecule has 30 heavy (non-hydrogen) atoms. The molecule has 1 amide bonds. The van der Waals surface area contributed by atoms with E-state index in [1.807, 2.05) is 50.2 Å². The number of aromatic nitrogens is 3. The molecule has 0 aliphatic carbocycles. The Labute approximate surface area is 182 Å². The Kier molecular flexibility index (Phi) is 6.15. The molecule has 154 valence electrons. The largest absolute Gasteiger partial charge is 0.355 e. The van der Waals surface area contributed by atoms with Crippen LogP contribution in [0, 0.1) is 6.92 Å². The fraction of sp³-hybridized carbons (Fsp3) is 0.273. The van der Waals surface area contributed by atoms with Crippen molar-refractivity contribution in [3.8, 4) is 0 Å². The number of thioether (sulfide) groups is 1. The Balaban J connectivity index is 1.78. The van der Waals surface area contributed by atoms with Crippen molar-refractivity contribution >= 4 is 49.4 Å². The smallest absolute Gasteiger partial charge is 0.272 e. The van der Waals surface area contributed by atoms with Gasteiger partial charge in [-0.25, -0.2) is 9.97 Å². The Morgan fingerprint density at radius 3 is 2.80 bits per heavy atom. The van der Waals surface area contributed by atoms with Crippen LogP contribution in [0.3, 0.4) is 0 Å². The number of amides is 1. The van der Waals surface area contributed by atoms with Gasteiger partial charge in [-0.3, -0.25) is 14.2 Å². The van der Waals surface area contributed by atoms with E-state index in [-0.39, 0.29) is 17.2 Å². The number of rotatable bonds is 7. The van der Waals surface area contributed by atoms with Crippen molar-refractivity contribution in [3.63, 3.8) is 0 Å². The fourth-order valence-corrected chi connectivity index (χ4v) is 4.97. The Bertz CT molecular complexity index is 1260. The van der Waals surface area contributed by atoms with Gasteiger partial charge in [-0.15, -0.1) is 11.3 Å². The topological polar surface area (TPSA) is 76.9 Å². The highest BCUT2D eigenvalue weighted by molar-refractivity contribution is 7.99. The van der Waals surface area contributed by atoms with Crippen LogP contribution < -0.4 is 10.9 Å². The van der Waals surface area contributed by atoms with Gasteiger partial charge in [-0.05, 0) is 31.0 Å². The molecule has 3 aromatic heterocycles. The number of fused-ring (bicyclic) bond motifs is 3. The van der Waals surface area contributed by atoms with Crippen LogP contribution in [0.25, 0.3) is 20.4 Å². The highest BCUT2D eigenvalue weighted by Gasteiger charge is 2.18. The lowest BCUT2D eigenvalue weighted by atomic mass is 10.1. The van der Waals surface area contributed by atoms with Gasteiger partial charge >= 0.3 is 0 Å². The zero-order valence-electron chi connectivity index (χ0n) is 16.8. The van der Waals surface area contributed by atoms with Crippen molar-refractivity contribution in [1.82, 2.24) is 19.9 Å². The van der Waals surface area contributed by atoms with E-state index in [9.17, 15) is 9.59 Å². The second-order valence-corrected chi connectivity index (χ2v) is 8.99. The molecule has 6 nitrogen and oxygen atoms in total. The van der Waals surface area contributed by atoms with Gasteiger partial charge in [-0.2, -0.15) is 0 Å². The summed E-state index contributed by atoms with van der Waals surface area (Å²) < 4.78 is 2.26. The van der Waals surface area contributed by atoms with Crippen LogP contribution in [0.2, 0.25) is 0 Å². The minimum Gasteiger partial charge on any atom is -0.355 e. The highest BCUT2D eigenvalue weighted by atomic mass is 32.2. The molecule has 8 heteroatoms. The first kappa shape index (κ1) is 20.6. The van der Waals surface area contributed by atoms with Crippen molar-refractivity contribution in [2.24, 2.45) is 0 Å². The Morgan fingerprint density at radius 2 is 2.03 bits per heavy atom. The summed E-state index contributed by atoms with van der Waals surface area (Å²) in [7, 11) is 0. The standard InChI is InChI=1S/C22H22N4O2S2/c1-3-10-23-17(27)13-29-22-25-18-16-5-4-11-24-20(16)30-19(18)21(28)26(22)12-15-8-6-14(2)7-9-15/h4-9,11H,3,10,12-13H2,1-2H3,(H,23,27). The maximum Gasteiger partial charge on any atom is 0.272 e. The number of hydrogen-bond donors (Lipinski definition) is 1. The summed E-state index contributed by atoms with van der Waals surface area (Å²) in [4.78, 5) is 35.5. The number of benzene rings is 1. The zero-order valence-corrected chi connectivity index (χ0v) is 18.5. The number of carbonyl (C=O) groups is 1. The third-order valence-electron chi connectivity index (χ3n) is 4.68. The molecule has 0 spiro atoms. The number of thiophene rings is 1. The first-order valence-corrected chi connectivity index (χ1v) is 11.6. The van der Waals surface area contributed by atoms with E-state index >= 15 is 0 Å². The molecular weight excluding hydrogens is 416 g/mol. The molecule has 1 N–H and O–H groups in total. The summed E-state index contributed by atoms with van der Waals surface area (Å²) in [6, 6.07) is 11.9. The number of carbonyl (C=O) groups excluding carboxylic acids is 1. The summed E-state index contributed by atoms with van der Waals surface area (Å²) >= 11 is 2.66. The van der Waals surface area contributed by atoms with Crippen LogP contribution in [-0.4, -0.2) is 32.7 Å². The number of nitrogens with one attached hydrogen (secondary N) is 1. The molecule has 3 heterocycles. The lowest BCUT2D eigenvalue weighted by Crippen LogP contribution is -2.27. The maximum absolute atomic E-state index is 13.4. The number of aryl methyl sites for hydroxylation is 1. The molecular formula is C22H22N4O2S2. The first-order valence-electron chi connectivity index (χ1n) is 9.80. The van der Waals surface area contributed by atoms with E-state index in [0.29, 0.717) is 28.5 Å². The Morgan fingerprint density at radius 1 is 1.23 bits per heavy atom. The molecule has 0 saturated heterocycles. The van der Waals surface area contributed by atoms with Crippen molar-refractivity contribution in [3.05, 3.63) is 64.1 Å². The molecule has 0 bridgehead atoms. The average Bonchev–Trinajstić information content (AvgIpc) is 3.13. The van der Waals surface area contributed by atoms with Gasteiger partial charge in [0.1, 0.15) is 9.53 Å². The van der Waals surface area contributed by atoms with Crippen LogP contribution in [0.4, 0.5) is 0 Å². The molecule has 0 fully saturated rings. The number of nitrogens with zero attached hydrogens (tertiary/aromatic N) is 3. The van der Waals surface area contributed by atoms with Gasteiger partial charge in [0.05, 0.1) is 17.8 Å². The Hall–Kier alpha value is -2.71. The number of hydrogen-bond acceptors (Lipinski definition) is 6. The van der Waals surface area contributed by atoms with Gasteiger partial charge < -0.3 is 5.32 Å². The molecule has 0 aliphatic rings.